The molecule has 0 N–H and O–H groups in total. The van der Waals surface area contributed by atoms with Crippen LogP contribution < -0.4 is 9.47 Å². The number of carbonyl (C=O) groups excluding carboxylic acids is 1. The maximum atomic E-state index is 13.1. The number of nitrogens with zero attached hydrogens (tertiary/aromatic N) is 4. The van der Waals surface area contributed by atoms with E-state index >= 15 is 0 Å². The molecule has 2 heterocycles. The van der Waals surface area contributed by atoms with Crippen molar-refractivity contribution in [2.24, 2.45) is 0 Å². The van der Waals surface area contributed by atoms with Gasteiger partial charge in [-0.1, -0.05) is 84.9 Å². The van der Waals surface area contributed by atoms with E-state index < -0.39 is 5.60 Å². The lowest BCUT2D eigenvalue weighted by atomic mass is 9.80. The van der Waals surface area contributed by atoms with Gasteiger partial charge in [0.1, 0.15) is 34.6 Å². The normalized spacial score (nSPS) is 12.1. The van der Waals surface area contributed by atoms with Gasteiger partial charge in [-0.3, -0.25) is 4.79 Å². The third-order valence-electron chi connectivity index (χ3n) is 8.09. The lowest BCUT2D eigenvalue weighted by molar-refractivity contribution is -0.0594. The predicted molar refractivity (Wildman–Crippen MR) is 179 cm³/mol. The number of imidazole rings is 1. The van der Waals surface area contributed by atoms with Crippen LogP contribution in [0.15, 0.2) is 122 Å². The highest BCUT2D eigenvalue weighted by molar-refractivity contribution is 6.13. The summed E-state index contributed by atoms with van der Waals surface area (Å²) in [4.78, 5) is 26.2. The van der Waals surface area contributed by atoms with Crippen LogP contribution in [0.3, 0.4) is 0 Å². The third-order valence-corrected chi connectivity index (χ3v) is 8.09. The molecule has 9 heteroatoms. The molecule has 0 aliphatic heterocycles. The lowest BCUT2D eigenvalue weighted by Crippen LogP contribution is -2.36. The van der Waals surface area contributed by atoms with Gasteiger partial charge in [0.25, 0.3) is 0 Å². The summed E-state index contributed by atoms with van der Waals surface area (Å²) in [6.45, 7) is 3.15. The van der Waals surface area contributed by atoms with Gasteiger partial charge in [0, 0.05) is 12.1 Å². The van der Waals surface area contributed by atoms with Crippen molar-refractivity contribution in [3.05, 3.63) is 150 Å². The highest BCUT2D eigenvalue weighted by Gasteiger charge is 2.38. The Morgan fingerprint density at radius 1 is 0.745 bits per heavy atom. The number of carbonyl (C=O) groups is 1. The number of ether oxygens (including phenoxy) is 4. The van der Waals surface area contributed by atoms with E-state index in [1.807, 2.05) is 96.4 Å². The molecular formula is C38H36N4O5. The summed E-state index contributed by atoms with van der Waals surface area (Å²) in [5, 5.41) is 0. The van der Waals surface area contributed by atoms with E-state index in [0.29, 0.717) is 36.5 Å². The van der Waals surface area contributed by atoms with Crippen LogP contribution in [-0.2, 0) is 21.6 Å². The molecule has 238 valence electrons. The number of benzene rings is 4. The average Bonchev–Trinajstić information content (AvgIpc) is 3.56. The van der Waals surface area contributed by atoms with E-state index in [-0.39, 0.29) is 17.6 Å². The van der Waals surface area contributed by atoms with Gasteiger partial charge in [-0.2, -0.15) is 0 Å². The van der Waals surface area contributed by atoms with Gasteiger partial charge in [-0.25, -0.2) is 15.0 Å². The summed E-state index contributed by atoms with van der Waals surface area (Å²) >= 11 is 0. The molecule has 6 aromatic rings. The van der Waals surface area contributed by atoms with Crippen molar-refractivity contribution in [2.75, 3.05) is 27.4 Å². The fourth-order valence-electron chi connectivity index (χ4n) is 5.65. The van der Waals surface area contributed by atoms with Gasteiger partial charge >= 0.3 is 0 Å². The zero-order valence-corrected chi connectivity index (χ0v) is 26.6. The third kappa shape index (κ3) is 6.63. The first-order valence-corrected chi connectivity index (χ1v) is 15.4. The Labute approximate surface area is 273 Å². The molecule has 4 aromatic carbocycles. The molecule has 0 fully saturated rings. The number of hydrogen-bond donors (Lipinski definition) is 0. The van der Waals surface area contributed by atoms with Crippen LogP contribution in [0.2, 0.25) is 0 Å². The minimum Gasteiger partial charge on any atom is -0.497 e. The van der Waals surface area contributed by atoms with E-state index in [4.69, 9.17) is 18.9 Å². The number of rotatable bonds is 14. The van der Waals surface area contributed by atoms with Crippen LogP contribution in [0, 0.1) is 0 Å². The Balaban J connectivity index is 1.21. The second-order valence-corrected chi connectivity index (χ2v) is 11.0. The van der Waals surface area contributed by atoms with Gasteiger partial charge in [-0.15, -0.1) is 0 Å². The Morgan fingerprint density at radius 3 is 1.91 bits per heavy atom. The van der Waals surface area contributed by atoms with E-state index in [1.165, 1.54) is 6.33 Å². The first-order valence-electron chi connectivity index (χ1n) is 15.4. The number of methoxy groups -OCH3 is 2. The van der Waals surface area contributed by atoms with Crippen molar-refractivity contribution in [1.82, 2.24) is 19.5 Å². The van der Waals surface area contributed by atoms with Gasteiger partial charge in [0.05, 0.1) is 39.9 Å². The molecule has 1 atom stereocenters. The van der Waals surface area contributed by atoms with Gasteiger partial charge in [0.15, 0.2) is 5.65 Å². The van der Waals surface area contributed by atoms with Crippen molar-refractivity contribution in [2.45, 2.75) is 25.2 Å². The molecule has 0 aliphatic rings. The summed E-state index contributed by atoms with van der Waals surface area (Å²) in [6, 6.07) is 35.1. The lowest BCUT2D eigenvalue weighted by Gasteiger charge is -2.37. The van der Waals surface area contributed by atoms with Gasteiger partial charge in [0.2, 0.25) is 5.78 Å². The second kappa shape index (κ2) is 14.4. The van der Waals surface area contributed by atoms with E-state index in [1.54, 1.807) is 32.7 Å². The first-order chi connectivity index (χ1) is 23.0. The number of fused-ring (bicyclic) bond motifs is 1. The highest BCUT2D eigenvalue weighted by Crippen LogP contribution is 2.41. The fraction of sp³-hybridized carbons (Fsp3) is 0.211. The van der Waals surface area contributed by atoms with Crippen molar-refractivity contribution >= 4 is 16.9 Å². The molecule has 0 radical (unpaired) electrons. The van der Waals surface area contributed by atoms with Crippen molar-refractivity contribution in [3.63, 3.8) is 0 Å². The monoisotopic (exact) mass is 628 g/mol. The minimum absolute atomic E-state index is 0.194. The zero-order valence-electron chi connectivity index (χ0n) is 26.6. The maximum Gasteiger partial charge on any atom is 0.213 e. The predicted octanol–water partition coefficient (Wildman–Crippen LogP) is 6.49. The Bertz CT molecular complexity index is 1860. The molecular weight excluding hydrogens is 592 g/mol. The smallest absolute Gasteiger partial charge is 0.213 e. The van der Waals surface area contributed by atoms with Crippen LogP contribution >= 0.6 is 0 Å². The average molecular weight is 629 g/mol. The Kier molecular flexibility index (Phi) is 9.66. The number of ketones is 1. The quantitative estimate of drug-likeness (QED) is 0.0998. The molecule has 9 nitrogen and oxygen atoms in total. The largest absolute Gasteiger partial charge is 0.497 e. The van der Waals surface area contributed by atoms with Crippen LogP contribution in [0.1, 0.15) is 39.7 Å². The van der Waals surface area contributed by atoms with Gasteiger partial charge in [-0.05, 0) is 47.9 Å². The van der Waals surface area contributed by atoms with Crippen LogP contribution in [0.5, 0.6) is 11.5 Å². The molecule has 0 bridgehead atoms. The SMILES string of the molecule is COc1ccc(C(OC[C@@H](C)OCCn2cnc3c(C(=O)c4ccccc4)ncnc32)(c2ccccc2)c2ccc(OC)cc2)cc1. The van der Waals surface area contributed by atoms with E-state index in [9.17, 15) is 4.79 Å². The summed E-state index contributed by atoms with van der Waals surface area (Å²) < 4.78 is 26.0. The number of hydrogen-bond acceptors (Lipinski definition) is 8. The summed E-state index contributed by atoms with van der Waals surface area (Å²) in [5.74, 6) is 1.33. The Morgan fingerprint density at radius 2 is 1.32 bits per heavy atom. The summed E-state index contributed by atoms with van der Waals surface area (Å²) in [6.07, 6.45) is 2.81. The van der Waals surface area contributed by atoms with E-state index in [0.717, 1.165) is 28.2 Å². The van der Waals surface area contributed by atoms with Gasteiger partial charge < -0.3 is 23.5 Å². The standard InChI is InChI=1S/C38H36N4O5/c1-27(46-23-22-42-26-41-35-34(39-25-40-37(35)42)36(43)28-10-6-4-7-11-28)24-47-38(29-12-8-5-9-13-29,30-14-18-32(44-2)19-15-30)31-16-20-33(45-3)21-17-31/h4-21,25-27H,22-24H2,1-3H3/t27-/m1/s1. The van der Waals surface area contributed by atoms with Crippen LogP contribution in [0.4, 0.5) is 0 Å². The van der Waals surface area contributed by atoms with Crippen LogP contribution in [0.25, 0.3) is 11.2 Å². The van der Waals surface area contributed by atoms with E-state index in [2.05, 4.69) is 27.1 Å². The topological polar surface area (TPSA) is 97.6 Å². The molecule has 0 unspecified atom stereocenters. The Hall–Kier alpha value is -5.38. The number of aromatic nitrogens is 4. The molecule has 2 aromatic heterocycles. The molecule has 0 saturated carbocycles. The van der Waals surface area contributed by atoms with Crippen LogP contribution in [-0.4, -0.2) is 58.8 Å². The van der Waals surface area contributed by atoms with Crippen molar-refractivity contribution in [1.29, 1.82) is 0 Å². The maximum absolute atomic E-state index is 13.1. The second-order valence-electron chi connectivity index (χ2n) is 11.0. The minimum atomic E-state index is -0.934. The van der Waals surface area contributed by atoms with Crippen molar-refractivity contribution < 1.29 is 23.7 Å². The molecule has 0 saturated heterocycles. The van der Waals surface area contributed by atoms with Crippen molar-refractivity contribution in [3.8, 4) is 11.5 Å². The first kappa shape index (κ1) is 31.6. The fourth-order valence-corrected chi connectivity index (χ4v) is 5.65. The molecule has 6 rings (SSSR count). The molecule has 0 spiro atoms. The zero-order chi connectivity index (χ0) is 32.6. The summed E-state index contributed by atoms with van der Waals surface area (Å²) in [7, 11) is 3.31. The molecule has 0 aliphatic carbocycles. The molecule has 0 amide bonds. The summed E-state index contributed by atoms with van der Waals surface area (Å²) in [5.41, 5.74) is 3.81. The molecule has 47 heavy (non-hydrogen) atoms. The highest BCUT2D eigenvalue weighted by atomic mass is 16.5.